The van der Waals surface area contributed by atoms with E-state index in [0.717, 1.165) is 17.2 Å². The lowest BCUT2D eigenvalue weighted by molar-refractivity contribution is -0.124. The number of halogens is 1. The second-order valence-corrected chi connectivity index (χ2v) is 9.57. The van der Waals surface area contributed by atoms with Crippen LogP contribution in [0.2, 0.25) is 0 Å². The first-order valence-electron chi connectivity index (χ1n) is 7.95. The summed E-state index contributed by atoms with van der Waals surface area (Å²) in [7, 11) is -3.24. The molecule has 10 heteroatoms. The van der Waals surface area contributed by atoms with E-state index in [9.17, 15) is 22.4 Å². The Kier molecular flexibility index (Phi) is 5.78. The Bertz CT molecular complexity index is 955. The molecule has 3 rings (SSSR count). The summed E-state index contributed by atoms with van der Waals surface area (Å²) in [5.74, 6) is -1.19. The first-order valence-corrected chi connectivity index (χ1v) is 10.9. The van der Waals surface area contributed by atoms with Crippen molar-refractivity contribution in [3.8, 4) is 0 Å². The minimum Gasteiger partial charge on any atom is -0.349 e. The van der Waals surface area contributed by atoms with E-state index in [1.165, 1.54) is 23.1 Å². The maximum atomic E-state index is 13.0. The minimum atomic E-state index is -3.24. The van der Waals surface area contributed by atoms with E-state index in [0.29, 0.717) is 14.8 Å². The molecule has 1 N–H and O–H groups in total. The second-order valence-electron chi connectivity index (χ2n) is 5.97. The number of hydrogen-bond acceptors (Lipinski definition) is 6. The first-order chi connectivity index (χ1) is 12.7. The van der Waals surface area contributed by atoms with Crippen molar-refractivity contribution in [1.82, 2.24) is 10.2 Å². The smallest absolute Gasteiger partial charge is 0.266 e. The van der Waals surface area contributed by atoms with Crippen molar-refractivity contribution < 1.29 is 22.4 Å². The average molecular weight is 427 g/mol. The number of carbonyl (C=O) groups excluding carboxylic acids is 2. The molecule has 2 amide bonds. The molecule has 2 aliphatic rings. The second kappa shape index (κ2) is 7.91. The van der Waals surface area contributed by atoms with Crippen molar-refractivity contribution in [3.63, 3.8) is 0 Å². The molecule has 0 bridgehead atoms. The summed E-state index contributed by atoms with van der Waals surface area (Å²) in [6.45, 7) is 0.0977. The van der Waals surface area contributed by atoms with E-state index in [2.05, 4.69) is 5.32 Å². The highest BCUT2D eigenvalue weighted by Crippen LogP contribution is 2.32. The van der Waals surface area contributed by atoms with Gasteiger partial charge in [-0.25, -0.2) is 12.8 Å². The number of amides is 2. The summed E-state index contributed by atoms with van der Waals surface area (Å²) in [6, 6.07) is 5.16. The molecule has 0 unspecified atom stereocenters. The number of rotatable bonds is 5. The Balaban J connectivity index is 1.57. The van der Waals surface area contributed by atoms with E-state index < -0.39 is 15.9 Å². The van der Waals surface area contributed by atoms with Crippen LogP contribution < -0.4 is 5.32 Å². The van der Waals surface area contributed by atoms with Gasteiger partial charge in [0, 0.05) is 18.4 Å². The molecule has 0 aliphatic carbocycles. The van der Waals surface area contributed by atoms with Crippen LogP contribution in [0.3, 0.4) is 0 Å². The summed E-state index contributed by atoms with van der Waals surface area (Å²) in [5.41, 5.74) is 0.670. The summed E-state index contributed by atoms with van der Waals surface area (Å²) in [6.07, 6.45) is 3.05. The van der Waals surface area contributed by atoms with Crippen LogP contribution in [0.1, 0.15) is 12.0 Å². The lowest BCUT2D eigenvalue weighted by Gasteiger charge is -2.15. The van der Waals surface area contributed by atoms with Gasteiger partial charge in [-0.1, -0.05) is 36.1 Å². The third-order valence-electron chi connectivity index (χ3n) is 3.88. The van der Waals surface area contributed by atoms with Crippen LogP contribution in [-0.4, -0.2) is 47.8 Å². The summed E-state index contributed by atoms with van der Waals surface area (Å²) in [4.78, 5) is 26.2. The maximum absolute atomic E-state index is 13.0. The van der Waals surface area contributed by atoms with Crippen LogP contribution in [0.25, 0.3) is 6.08 Å². The zero-order chi connectivity index (χ0) is 19.6. The highest BCUT2D eigenvalue weighted by molar-refractivity contribution is 8.26. The van der Waals surface area contributed by atoms with E-state index in [4.69, 9.17) is 12.2 Å². The van der Waals surface area contributed by atoms with E-state index >= 15 is 0 Å². The number of hydrogen-bond donors (Lipinski definition) is 1. The SMILES string of the molecule is O=C(CCN1C(=O)/C(=C/c2ccc(F)cc2)SC1=S)N[C@@H]1C=CS(=O)(=O)C1. The van der Waals surface area contributed by atoms with Gasteiger partial charge in [0.2, 0.25) is 5.91 Å². The molecule has 27 heavy (non-hydrogen) atoms. The topological polar surface area (TPSA) is 83.6 Å². The van der Waals surface area contributed by atoms with E-state index in [1.54, 1.807) is 18.2 Å². The molecule has 0 saturated carbocycles. The Labute approximate surface area is 165 Å². The third-order valence-corrected chi connectivity index (χ3v) is 6.65. The fourth-order valence-corrected chi connectivity index (χ4v) is 5.10. The molecular weight excluding hydrogens is 411 g/mol. The molecule has 2 heterocycles. The van der Waals surface area contributed by atoms with Gasteiger partial charge in [0.05, 0.1) is 16.7 Å². The molecule has 1 saturated heterocycles. The predicted octanol–water partition coefficient (Wildman–Crippen LogP) is 1.84. The Morgan fingerprint density at radius 3 is 2.70 bits per heavy atom. The van der Waals surface area contributed by atoms with Crippen LogP contribution in [0, 0.1) is 5.82 Å². The number of benzene rings is 1. The van der Waals surface area contributed by atoms with Crippen molar-refractivity contribution in [1.29, 1.82) is 0 Å². The Morgan fingerprint density at radius 2 is 2.07 bits per heavy atom. The molecule has 0 aromatic heterocycles. The zero-order valence-corrected chi connectivity index (χ0v) is 16.4. The lowest BCUT2D eigenvalue weighted by atomic mass is 10.2. The molecular formula is C17H15FN2O4S3. The van der Waals surface area contributed by atoms with E-state index in [1.807, 2.05) is 0 Å². The molecule has 2 aliphatic heterocycles. The molecule has 1 aromatic carbocycles. The van der Waals surface area contributed by atoms with Crippen molar-refractivity contribution in [3.05, 3.63) is 52.0 Å². The fraction of sp³-hybridized carbons (Fsp3) is 0.235. The van der Waals surface area contributed by atoms with Crippen molar-refractivity contribution in [2.75, 3.05) is 12.3 Å². The lowest BCUT2D eigenvalue weighted by Crippen LogP contribution is -2.38. The van der Waals surface area contributed by atoms with Crippen molar-refractivity contribution >= 4 is 56.0 Å². The fourth-order valence-electron chi connectivity index (χ4n) is 2.56. The van der Waals surface area contributed by atoms with Gasteiger partial charge in [-0.05, 0) is 29.8 Å². The van der Waals surface area contributed by atoms with Gasteiger partial charge in [0.15, 0.2) is 9.84 Å². The van der Waals surface area contributed by atoms with Crippen LogP contribution in [0.4, 0.5) is 4.39 Å². The Hall–Kier alpha value is -2.04. The molecule has 0 radical (unpaired) electrons. The first kappa shape index (κ1) is 19.7. The zero-order valence-electron chi connectivity index (χ0n) is 13.9. The molecule has 142 valence electrons. The number of sulfone groups is 1. The van der Waals surface area contributed by atoms with Crippen molar-refractivity contribution in [2.45, 2.75) is 12.5 Å². The molecule has 1 fully saturated rings. The summed E-state index contributed by atoms with van der Waals surface area (Å²) < 4.78 is 36.0. The normalized spacial score (nSPS) is 22.6. The number of carbonyl (C=O) groups is 2. The highest BCUT2D eigenvalue weighted by Gasteiger charge is 2.32. The number of thioether (sulfide) groups is 1. The maximum Gasteiger partial charge on any atom is 0.266 e. The number of thiocarbonyl (C=S) groups is 1. The Morgan fingerprint density at radius 1 is 1.37 bits per heavy atom. The van der Waals surface area contributed by atoms with Gasteiger partial charge in [-0.3, -0.25) is 14.5 Å². The van der Waals surface area contributed by atoms with Crippen LogP contribution >= 0.6 is 24.0 Å². The van der Waals surface area contributed by atoms with Crippen LogP contribution in [0.15, 0.2) is 40.7 Å². The number of nitrogens with zero attached hydrogens (tertiary/aromatic N) is 1. The van der Waals surface area contributed by atoms with Gasteiger partial charge < -0.3 is 5.32 Å². The highest BCUT2D eigenvalue weighted by atomic mass is 32.2. The third kappa shape index (κ3) is 5.02. The predicted molar refractivity (Wildman–Crippen MR) is 106 cm³/mol. The quantitative estimate of drug-likeness (QED) is 0.572. The van der Waals surface area contributed by atoms with Gasteiger partial charge in [0.1, 0.15) is 10.1 Å². The number of nitrogens with one attached hydrogen (secondary N) is 1. The van der Waals surface area contributed by atoms with Crippen LogP contribution in [0.5, 0.6) is 0 Å². The average Bonchev–Trinajstić information content (AvgIpc) is 3.07. The summed E-state index contributed by atoms with van der Waals surface area (Å²) in [5, 5.41) is 3.68. The van der Waals surface area contributed by atoms with Gasteiger partial charge in [-0.2, -0.15) is 0 Å². The van der Waals surface area contributed by atoms with E-state index in [-0.39, 0.29) is 36.4 Å². The molecule has 1 aromatic rings. The van der Waals surface area contributed by atoms with Crippen molar-refractivity contribution in [2.24, 2.45) is 0 Å². The monoisotopic (exact) mass is 426 g/mol. The standard InChI is InChI=1S/C17H15FN2O4S3/c18-12-3-1-11(2-4-12)9-14-16(22)20(17(25)26-14)7-5-15(21)19-13-6-8-27(23,24)10-13/h1-4,6,8-9,13H,5,7,10H2,(H,19,21)/b14-9-/t13-/m1/s1. The molecule has 0 spiro atoms. The van der Waals surface area contributed by atoms with Gasteiger partial charge in [0.25, 0.3) is 5.91 Å². The minimum absolute atomic E-state index is 0.000651. The van der Waals surface area contributed by atoms with Gasteiger partial charge >= 0.3 is 0 Å². The van der Waals surface area contributed by atoms with Gasteiger partial charge in [-0.15, -0.1) is 0 Å². The molecule has 1 atom stereocenters. The van der Waals surface area contributed by atoms with Crippen LogP contribution in [-0.2, 0) is 19.4 Å². The largest absolute Gasteiger partial charge is 0.349 e. The summed E-state index contributed by atoms with van der Waals surface area (Å²) >= 11 is 6.32. The molecule has 6 nitrogen and oxygen atoms in total.